The van der Waals surface area contributed by atoms with Crippen molar-refractivity contribution < 1.29 is 29.0 Å². The van der Waals surface area contributed by atoms with Gasteiger partial charge in [0.2, 0.25) is 17.7 Å². The van der Waals surface area contributed by atoms with Crippen LogP contribution in [-0.2, 0) is 37.0 Å². The van der Waals surface area contributed by atoms with Crippen LogP contribution in [-0.4, -0.2) is 34.7 Å². The minimum absolute atomic E-state index is 0.0184. The van der Waals surface area contributed by atoms with E-state index in [9.17, 15) is 19.5 Å². The molecule has 0 radical (unpaired) electrons. The van der Waals surface area contributed by atoms with Gasteiger partial charge in [0, 0.05) is 54.6 Å². The van der Waals surface area contributed by atoms with E-state index in [4.69, 9.17) is 15.2 Å². The van der Waals surface area contributed by atoms with Gasteiger partial charge in [-0.15, -0.1) is 11.8 Å². The number of rotatable bonds is 15. The maximum atomic E-state index is 12.6. The Balaban J connectivity index is 1.05. The van der Waals surface area contributed by atoms with Crippen molar-refractivity contribution in [2.75, 3.05) is 22.1 Å². The number of ether oxygens (including phenoxy) is 2. The molecule has 55 heavy (non-hydrogen) atoms. The van der Waals surface area contributed by atoms with Crippen molar-refractivity contribution in [1.29, 1.82) is 0 Å². The lowest BCUT2D eigenvalue weighted by molar-refractivity contribution is -0.245. The molecule has 1 saturated heterocycles. The number of benzene rings is 5. The van der Waals surface area contributed by atoms with Crippen LogP contribution in [0, 0.1) is 0 Å². The highest BCUT2D eigenvalue weighted by molar-refractivity contribution is 7.99. The number of carbonyl (C=O) groups is 3. The van der Waals surface area contributed by atoms with Gasteiger partial charge < -0.3 is 36.3 Å². The third kappa shape index (κ3) is 11.5. The maximum absolute atomic E-state index is 12.6. The van der Waals surface area contributed by atoms with Gasteiger partial charge in [-0.2, -0.15) is 0 Å². The number of aliphatic hydroxyl groups is 1. The number of nitrogens with one attached hydrogen (secondary N) is 3. The van der Waals surface area contributed by atoms with Crippen molar-refractivity contribution in [1.82, 2.24) is 5.32 Å². The van der Waals surface area contributed by atoms with E-state index >= 15 is 0 Å². The van der Waals surface area contributed by atoms with Gasteiger partial charge in [-0.1, -0.05) is 78.9 Å². The lowest BCUT2D eigenvalue weighted by Gasteiger charge is -2.36. The Bertz CT molecular complexity index is 2060. The van der Waals surface area contributed by atoms with Crippen molar-refractivity contribution >= 4 is 46.5 Å². The summed E-state index contributed by atoms with van der Waals surface area (Å²) in [4.78, 5) is 37.3. The van der Waals surface area contributed by atoms with Crippen LogP contribution in [0.5, 0.6) is 0 Å². The second-order valence-electron chi connectivity index (χ2n) is 13.5. The number of carbonyl (C=O) groups excluding carboxylic acids is 3. The van der Waals surface area contributed by atoms with Gasteiger partial charge in [0.15, 0.2) is 6.29 Å². The first kappa shape index (κ1) is 39.2. The molecule has 0 spiro atoms. The van der Waals surface area contributed by atoms with E-state index in [1.54, 1.807) is 36.0 Å². The average molecular weight is 759 g/mol. The molecule has 3 atom stereocenters. The third-order valence-corrected chi connectivity index (χ3v) is 10.3. The zero-order valence-electron chi connectivity index (χ0n) is 30.7. The SMILES string of the molecule is CC(=O)Nc1ccc(SC[C@@H]2C[C@H](c3ccc(CO)cc3)O[C@H](c3ccc(-c4cccc(CNC(=O)CCCC(=O)Nc5ccccc5N)c4)cc3)O2)cc1. The summed E-state index contributed by atoms with van der Waals surface area (Å²) in [5.41, 5.74) is 13.5. The Morgan fingerprint density at radius 2 is 1.49 bits per heavy atom. The first-order valence-electron chi connectivity index (χ1n) is 18.3. The fourth-order valence-corrected chi connectivity index (χ4v) is 7.19. The van der Waals surface area contributed by atoms with Crippen molar-refractivity contribution in [3.8, 4) is 11.1 Å². The van der Waals surface area contributed by atoms with Crippen molar-refractivity contribution in [2.24, 2.45) is 0 Å². The van der Waals surface area contributed by atoms with Crippen molar-refractivity contribution in [3.05, 3.63) is 144 Å². The average Bonchev–Trinajstić information content (AvgIpc) is 3.20. The molecule has 5 aromatic rings. The van der Waals surface area contributed by atoms with Crippen LogP contribution >= 0.6 is 11.8 Å². The lowest BCUT2D eigenvalue weighted by atomic mass is 9.99. The normalized spacial score (nSPS) is 16.6. The number of hydrogen-bond donors (Lipinski definition) is 5. The van der Waals surface area contributed by atoms with Crippen LogP contribution in [0.15, 0.2) is 126 Å². The minimum Gasteiger partial charge on any atom is -0.397 e. The van der Waals surface area contributed by atoms with Crippen LogP contribution in [0.4, 0.5) is 17.1 Å². The van der Waals surface area contributed by atoms with E-state index in [0.717, 1.165) is 44.0 Å². The molecular formula is C44H46N4O6S. The molecule has 5 aromatic carbocycles. The molecule has 284 valence electrons. The highest BCUT2D eigenvalue weighted by Gasteiger charge is 2.32. The minimum atomic E-state index is -0.581. The van der Waals surface area contributed by atoms with Gasteiger partial charge in [0.1, 0.15) is 0 Å². The van der Waals surface area contributed by atoms with E-state index in [0.29, 0.717) is 36.5 Å². The van der Waals surface area contributed by atoms with E-state index in [2.05, 4.69) is 22.0 Å². The number of amides is 3. The molecule has 0 bridgehead atoms. The fraction of sp³-hybridized carbons (Fsp3) is 0.250. The molecule has 6 N–H and O–H groups in total. The van der Waals surface area contributed by atoms with Crippen molar-refractivity contribution in [2.45, 2.75) is 69.2 Å². The predicted octanol–water partition coefficient (Wildman–Crippen LogP) is 8.15. The quantitative estimate of drug-likeness (QED) is 0.0530. The van der Waals surface area contributed by atoms with Gasteiger partial charge in [-0.05, 0) is 76.7 Å². The Labute approximate surface area is 325 Å². The molecule has 0 aliphatic carbocycles. The zero-order chi connectivity index (χ0) is 38.6. The first-order valence-corrected chi connectivity index (χ1v) is 19.3. The number of thioether (sulfide) groups is 1. The van der Waals surface area contributed by atoms with Crippen LogP contribution in [0.25, 0.3) is 11.1 Å². The van der Waals surface area contributed by atoms with E-state index in [1.807, 2.05) is 91.0 Å². The standard InChI is InChI=1S/C44H46N4O6S/c1-29(50)47-36-20-22-38(23-21-36)55-28-37-25-41(33-14-12-30(27-49)13-15-33)54-44(53-37)34-18-16-32(17-19-34)35-7-4-6-31(24-35)26-46-42(51)10-5-11-43(52)48-40-9-3-2-8-39(40)45/h2-4,6-9,12-24,37,41,44,49H,5,10-11,25-28,45H2,1H3,(H,46,51)(H,47,50)(H,48,52)/t37-,41+,44+/m0/s1. The summed E-state index contributed by atoms with van der Waals surface area (Å²) >= 11 is 1.69. The van der Waals surface area contributed by atoms with Crippen LogP contribution in [0.1, 0.15) is 67.3 Å². The van der Waals surface area contributed by atoms with Gasteiger partial charge in [0.25, 0.3) is 0 Å². The Hall–Kier alpha value is -5.46. The van der Waals surface area contributed by atoms with E-state index in [1.165, 1.54) is 6.92 Å². The summed E-state index contributed by atoms with van der Waals surface area (Å²) in [6, 6.07) is 38.9. The molecule has 6 rings (SSSR count). The largest absolute Gasteiger partial charge is 0.397 e. The topological polar surface area (TPSA) is 152 Å². The maximum Gasteiger partial charge on any atom is 0.224 e. The number of anilines is 3. The van der Waals surface area contributed by atoms with Crippen LogP contribution < -0.4 is 21.7 Å². The predicted molar refractivity (Wildman–Crippen MR) is 217 cm³/mol. The number of para-hydroxylation sites is 2. The first-order chi connectivity index (χ1) is 26.7. The molecule has 10 nitrogen and oxygen atoms in total. The second-order valence-corrected chi connectivity index (χ2v) is 14.5. The molecule has 0 saturated carbocycles. The van der Waals surface area contributed by atoms with E-state index < -0.39 is 6.29 Å². The number of aliphatic hydroxyl groups excluding tert-OH is 1. The summed E-state index contributed by atoms with van der Waals surface area (Å²) in [6.45, 7) is 1.85. The third-order valence-electron chi connectivity index (χ3n) is 9.20. The summed E-state index contributed by atoms with van der Waals surface area (Å²) in [7, 11) is 0. The molecule has 1 aliphatic rings. The molecule has 0 aromatic heterocycles. The number of nitrogens with two attached hydrogens (primary N) is 1. The smallest absolute Gasteiger partial charge is 0.224 e. The zero-order valence-corrected chi connectivity index (χ0v) is 31.5. The summed E-state index contributed by atoms with van der Waals surface area (Å²) in [5.74, 6) is 0.311. The fourth-order valence-electron chi connectivity index (χ4n) is 6.27. The molecule has 1 heterocycles. The molecule has 1 fully saturated rings. The molecule has 0 unspecified atom stereocenters. The highest BCUT2D eigenvalue weighted by Crippen LogP contribution is 2.40. The van der Waals surface area contributed by atoms with Gasteiger partial charge in [-0.3, -0.25) is 14.4 Å². The number of nitrogen functional groups attached to an aromatic ring is 1. The van der Waals surface area contributed by atoms with Gasteiger partial charge >= 0.3 is 0 Å². The second kappa shape index (κ2) is 19.2. The summed E-state index contributed by atoms with van der Waals surface area (Å²) in [6.07, 6.45) is 0.685. The number of hydrogen-bond acceptors (Lipinski definition) is 8. The molecule has 11 heteroatoms. The Morgan fingerprint density at radius 3 is 2.22 bits per heavy atom. The molecule has 3 amide bonds. The Kier molecular flexibility index (Phi) is 13.7. The van der Waals surface area contributed by atoms with Gasteiger partial charge in [0.05, 0.1) is 30.2 Å². The molecular weight excluding hydrogens is 713 g/mol. The Morgan fingerprint density at radius 1 is 0.764 bits per heavy atom. The highest BCUT2D eigenvalue weighted by atomic mass is 32.2. The lowest BCUT2D eigenvalue weighted by Crippen LogP contribution is -2.31. The summed E-state index contributed by atoms with van der Waals surface area (Å²) < 4.78 is 13.1. The van der Waals surface area contributed by atoms with Gasteiger partial charge in [-0.25, -0.2) is 0 Å². The summed E-state index contributed by atoms with van der Waals surface area (Å²) in [5, 5.41) is 18.1. The monoisotopic (exact) mass is 758 g/mol. The van der Waals surface area contributed by atoms with Crippen LogP contribution in [0.2, 0.25) is 0 Å². The van der Waals surface area contributed by atoms with Crippen molar-refractivity contribution in [3.63, 3.8) is 0 Å². The van der Waals surface area contributed by atoms with E-state index in [-0.39, 0.29) is 49.4 Å². The van der Waals surface area contributed by atoms with Crippen LogP contribution in [0.3, 0.4) is 0 Å². The molecule has 1 aliphatic heterocycles.